The van der Waals surface area contributed by atoms with Gasteiger partial charge in [0.1, 0.15) is 6.33 Å². The van der Waals surface area contributed by atoms with E-state index in [0.29, 0.717) is 12.1 Å². The second-order valence-electron chi connectivity index (χ2n) is 3.99. The van der Waals surface area contributed by atoms with Crippen molar-refractivity contribution in [3.63, 3.8) is 0 Å². The Bertz CT molecular complexity index is 525. The lowest BCUT2D eigenvalue weighted by atomic mass is 10.2. The molecule has 0 radical (unpaired) electrons. The first-order chi connectivity index (χ1) is 9.29. The summed E-state index contributed by atoms with van der Waals surface area (Å²) in [5.74, 6) is -0.110. The quantitative estimate of drug-likeness (QED) is 0.856. The number of nitrogens with one attached hydrogen (secondary N) is 2. The molecule has 1 amide bonds. The van der Waals surface area contributed by atoms with E-state index < -0.39 is 0 Å². The predicted octanol–water partition coefficient (Wildman–Crippen LogP) is 1.84. The number of anilines is 1. The summed E-state index contributed by atoms with van der Waals surface area (Å²) in [4.78, 5) is 19.8. The van der Waals surface area contributed by atoms with E-state index in [2.05, 4.69) is 20.6 Å². The zero-order chi connectivity index (χ0) is 13.5. The van der Waals surface area contributed by atoms with E-state index in [-0.39, 0.29) is 5.91 Å². The van der Waals surface area contributed by atoms with E-state index in [0.717, 1.165) is 17.9 Å². The van der Waals surface area contributed by atoms with Crippen LogP contribution in [0.1, 0.15) is 23.0 Å². The van der Waals surface area contributed by atoms with Crippen LogP contribution in [0.25, 0.3) is 0 Å². The molecule has 0 saturated heterocycles. The molecule has 1 heterocycles. The fourth-order valence-corrected chi connectivity index (χ4v) is 1.64. The number of amides is 1. The fourth-order valence-electron chi connectivity index (χ4n) is 1.64. The van der Waals surface area contributed by atoms with Crippen LogP contribution in [0.3, 0.4) is 0 Å². The number of hydrogen-bond donors (Lipinski definition) is 2. The largest absolute Gasteiger partial charge is 0.385 e. The maximum Gasteiger partial charge on any atom is 0.251 e. The fraction of sp³-hybridized carbons (Fsp3) is 0.214. The molecule has 0 atom stereocenters. The Hall–Kier alpha value is -2.43. The summed E-state index contributed by atoms with van der Waals surface area (Å²) in [6, 6.07) is 9.15. The van der Waals surface area contributed by atoms with Gasteiger partial charge in [0.05, 0.1) is 12.2 Å². The molecule has 0 aliphatic carbocycles. The molecular formula is C14H16N4O. The van der Waals surface area contributed by atoms with Gasteiger partial charge in [0.2, 0.25) is 0 Å². The number of benzene rings is 1. The van der Waals surface area contributed by atoms with Crippen molar-refractivity contribution in [3.8, 4) is 0 Å². The summed E-state index contributed by atoms with van der Waals surface area (Å²) in [6.45, 7) is 3.29. The summed E-state index contributed by atoms with van der Waals surface area (Å²) in [5, 5.41) is 6.00. The minimum Gasteiger partial charge on any atom is -0.385 e. The molecule has 2 rings (SSSR count). The highest BCUT2D eigenvalue weighted by atomic mass is 16.1. The molecule has 2 N–H and O–H groups in total. The van der Waals surface area contributed by atoms with E-state index in [9.17, 15) is 4.79 Å². The Morgan fingerprint density at radius 3 is 2.63 bits per heavy atom. The second-order valence-corrected chi connectivity index (χ2v) is 3.99. The third kappa shape index (κ3) is 3.77. The first kappa shape index (κ1) is 13.0. The zero-order valence-corrected chi connectivity index (χ0v) is 10.8. The van der Waals surface area contributed by atoms with E-state index in [1.54, 1.807) is 24.4 Å². The third-order valence-corrected chi connectivity index (χ3v) is 2.60. The maximum atomic E-state index is 11.9. The molecular weight excluding hydrogens is 240 g/mol. The molecule has 5 nitrogen and oxygen atoms in total. The maximum absolute atomic E-state index is 11.9. The summed E-state index contributed by atoms with van der Waals surface area (Å²) >= 11 is 0. The van der Waals surface area contributed by atoms with E-state index in [1.165, 1.54) is 6.33 Å². The van der Waals surface area contributed by atoms with Crippen LogP contribution in [-0.4, -0.2) is 22.4 Å². The van der Waals surface area contributed by atoms with Crippen molar-refractivity contribution in [1.82, 2.24) is 15.3 Å². The molecule has 1 aromatic carbocycles. The molecule has 0 spiro atoms. The van der Waals surface area contributed by atoms with Gasteiger partial charge < -0.3 is 10.6 Å². The van der Waals surface area contributed by atoms with Crippen LogP contribution in [0.15, 0.2) is 42.9 Å². The number of carbonyl (C=O) groups excluding carboxylic acids is 1. The first-order valence-electron chi connectivity index (χ1n) is 6.16. The molecule has 19 heavy (non-hydrogen) atoms. The van der Waals surface area contributed by atoms with Crippen molar-refractivity contribution >= 4 is 11.6 Å². The van der Waals surface area contributed by atoms with Crippen molar-refractivity contribution < 1.29 is 4.79 Å². The molecule has 0 unspecified atom stereocenters. The monoisotopic (exact) mass is 256 g/mol. The standard InChI is InChI=1S/C14H16N4O/c1-2-16-12-5-3-11(4-6-12)14(19)17-9-13-7-8-15-10-18-13/h3-8,10,16H,2,9H2,1H3,(H,17,19). The SMILES string of the molecule is CCNc1ccc(C(=O)NCc2ccncn2)cc1. The van der Waals surface area contributed by atoms with Crippen LogP contribution in [0.4, 0.5) is 5.69 Å². The van der Waals surface area contributed by atoms with Crippen molar-refractivity contribution in [3.05, 3.63) is 54.1 Å². The minimum atomic E-state index is -0.110. The summed E-state index contributed by atoms with van der Waals surface area (Å²) in [7, 11) is 0. The van der Waals surface area contributed by atoms with Crippen molar-refractivity contribution in [2.75, 3.05) is 11.9 Å². The van der Waals surface area contributed by atoms with Gasteiger partial charge in [-0.15, -0.1) is 0 Å². The van der Waals surface area contributed by atoms with Gasteiger partial charge in [-0.25, -0.2) is 9.97 Å². The lowest BCUT2D eigenvalue weighted by Crippen LogP contribution is -2.23. The molecule has 0 bridgehead atoms. The number of hydrogen-bond acceptors (Lipinski definition) is 4. The Morgan fingerprint density at radius 1 is 1.21 bits per heavy atom. The van der Waals surface area contributed by atoms with Crippen molar-refractivity contribution in [2.45, 2.75) is 13.5 Å². The molecule has 0 fully saturated rings. The minimum absolute atomic E-state index is 0.110. The van der Waals surface area contributed by atoms with Crippen LogP contribution in [0.5, 0.6) is 0 Å². The summed E-state index contributed by atoms with van der Waals surface area (Å²) < 4.78 is 0. The van der Waals surface area contributed by atoms with E-state index in [1.807, 2.05) is 19.1 Å². The van der Waals surface area contributed by atoms with Crippen molar-refractivity contribution in [1.29, 1.82) is 0 Å². The van der Waals surface area contributed by atoms with Gasteiger partial charge >= 0.3 is 0 Å². The number of aromatic nitrogens is 2. The van der Waals surface area contributed by atoms with Crippen molar-refractivity contribution in [2.24, 2.45) is 0 Å². The molecule has 0 saturated carbocycles. The Kier molecular flexibility index (Phi) is 4.44. The zero-order valence-electron chi connectivity index (χ0n) is 10.8. The van der Waals surface area contributed by atoms with Crippen LogP contribution in [0, 0.1) is 0 Å². The van der Waals surface area contributed by atoms with Crippen LogP contribution < -0.4 is 10.6 Å². The topological polar surface area (TPSA) is 66.9 Å². The molecule has 2 aromatic rings. The average molecular weight is 256 g/mol. The van der Waals surface area contributed by atoms with Gasteiger partial charge in [0, 0.05) is 24.0 Å². The Balaban J connectivity index is 1.92. The molecule has 0 aliphatic rings. The summed E-state index contributed by atoms with van der Waals surface area (Å²) in [5.41, 5.74) is 2.43. The number of carbonyl (C=O) groups is 1. The van der Waals surface area contributed by atoms with Gasteiger partial charge in [-0.2, -0.15) is 0 Å². The van der Waals surface area contributed by atoms with E-state index >= 15 is 0 Å². The van der Waals surface area contributed by atoms with Crippen LogP contribution in [0.2, 0.25) is 0 Å². The highest BCUT2D eigenvalue weighted by Crippen LogP contribution is 2.09. The van der Waals surface area contributed by atoms with Gasteiger partial charge in [0.25, 0.3) is 5.91 Å². The normalized spacial score (nSPS) is 9.95. The number of nitrogens with zero attached hydrogens (tertiary/aromatic N) is 2. The third-order valence-electron chi connectivity index (χ3n) is 2.60. The first-order valence-corrected chi connectivity index (χ1v) is 6.16. The Morgan fingerprint density at radius 2 is 2.00 bits per heavy atom. The van der Waals surface area contributed by atoms with Crippen LogP contribution >= 0.6 is 0 Å². The molecule has 98 valence electrons. The summed E-state index contributed by atoms with van der Waals surface area (Å²) in [6.07, 6.45) is 3.12. The second kappa shape index (κ2) is 6.49. The van der Waals surface area contributed by atoms with Crippen LogP contribution in [-0.2, 0) is 6.54 Å². The average Bonchev–Trinajstić information content (AvgIpc) is 2.47. The predicted molar refractivity (Wildman–Crippen MR) is 73.8 cm³/mol. The van der Waals surface area contributed by atoms with Gasteiger partial charge in [-0.1, -0.05) is 0 Å². The van der Waals surface area contributed by atoms with Gasteiger partial charge in [-0.3, -0.25) is 4.79 Å². The smallest absolute Gasteiger partial charge is 0.251 e. The van der Waals surface area contributed by atoms with E-state index in [4.69, 9.17) is 0 Å². The molecule has 1 aromatic heterocycles. The molecule has 5 heteroatoms. The highest BCUT2D eigenvalue weighted by molar-refractivity contribution is 5.94. The molecule has 0 aliphatic heterocycles. The highest BCUT2D eigenvalue weighted by Gasteiger charge is 2.05. The lowest BCUT2D eigenvalue weighted by molar-refractivity contribution is 0.0950. The van der Waals surface area contributed by atoms with Gasteiger partial charge in [0.15, 0.2) is 0 Å². The number of rotatable bonds is 5. The van der Waals surface area contributed by atoms with Gasteiger partial charge in [-0.05, 0) is 37.3 Å². The Labute approximate surface area is 112 Å². The lowest BCUT2D eigenvalue weighted by Gasteiger charge is -2.06.